The molecule has 7 nitrogen and oxygen atoms in total. The minimum absolute atomic E-state index is 0.00520. The van der Waals surface area contributed by atoms with E-state index in [9.17, 15) is 19.2 Å². The number of benzene rings is 1. The van der Waals surface area contributed by atoms with Crippen molar-refractivity contribution in [1.82, 2.24) is 15.5 Å². The second kappa shape index (κ2) is 7.53. The van der Waals surface area contributed by atoms with Gasteiger partial charge in [0.15, 0.2) is 0 Å². The van der Waals surface area contributed by atoms with E-state index in [-0.39, 0.29) is 43.1 Å². The van der Waals surface area contributed by atoms with Crippen LogP contribution in [0.3, 0.4) is 0 Å². The highest BCUT2D eigenvalue weighted by molar-refractivity contribution is 6.21. The summed E-state index contributed by atoms with van der Waals surface area (Å²) in [5.41, 5.74) is 0.716. The molecule has 122 valence electrons. The lowest BCUT2D eigenvalue weighted by atomic mass is 10.1. The first-order chi connectivity index (χ1) is 11.0. The molecule has 7 heteroatoms. The molecule has 4 amide bonds. The zero-order chi connectivity index (χ0) is 16.8. The summed E-state index contributed by atoms with van der Waals surface area (Å²) in [5, 5.41) is 5.10. The average Bonchev–Trinajstić information content (AvgIpc) is 2.80. The van der Waals surface area contributed by atoms with Gasteiger partial charge in [0, 0.05) is 19.5 Å². The third-order valence-electron chi connectivity index (χ3n) is 3.46. The summed E-state index contributed by atoms with van der Waals surface area (Å²) in [6, 6.07) is 6.56. The first-order valence-corrected chi connectivity index (χ1v) is 7.53. The number of hydrogen-bond acceptors (Lipinski definition) is 4. The summed E-state index contributed by atoms with van der Waals surface area (Å²) in [5.74, 6) is -1.42. The van der Waals surface area contributed by atoms with Crippen LogP contribution in [0.1, 0.15) is 40.5 Å². The molecular weight excluding hydrogens is 298 g/mol. The zero-order valence-corrected chi connectivity index (χ0v) is 12.9. The SMILES string of the molecule is CCCNC(=O)CNC(=O)CCN1C(=O)c2ccccc2C1=O. The van der Waals surface area contributed by atoms with Crippen molar-refractivity contribution < 1.29 is 19.2 Å². The fourth-order valence-corrected chi connectivity index (χ4v) is 2.25. The maximum Gasteiger partial charge on any atom is 0.261 e. The Morgan fingerprint density at radius 3 is 2.17 bits per heavy atom. The Labute approximate surface area is 134 Å². The number of carbonyl (C=O) groups is 4. The molecule has 1 aromatic carbocycles. The number of amides is 4. The average molecular weight is 317 g/mol. The van der Waals surface area contributed by atoms with Crippen LogP contribution in [0.2, 0.25) is 0 Å². The molecule has 0 radical (unpaired) electrons. The van der Waals surface area contributed by atoms with Crippen molar-refractivity contribution in [1.29, 1.82) is 0 Å². The highest BCUT2D eigenvalue weighted by atomic mass is 16.2. The normalized spacial score (nSPS) is 13.0. The van der Waals surface area contributed by atoms with Gasteiger partial charge >= 0.3 is 0 Å². The molecule has 2 rings (SSSR count). The predicted molar refractivity (Wildman–Crippen MR) is 82.7 cm³/mol. The van der Waals surface area contributed by atoms with Crippen LogP contribution in [-0.2, 0) is 9.59 Å². The van der Waals surface area contributed by atoms with E-state index in [0.717, 1.165) is 11.3 Å². The number of carbonyl (C=O) groups excluding carboxylic acids is 4. The summed E-state index contributed by atoms with van der Waals surface area (Å²) < 4.78 is 0. The Morgan fingerprint density at radius 2 is 1.61 bits per heavy atom. The lowest BCUT2D eigenvalue weighted by Gasteiger charge is -2.13. The number of fused-ring (bicyclic) bond motifs is 1. The van der Waals surface area contributed by atoms with Gasteiger partial charge in [-0.3, -0.25) is 24.1 Å². The van der Waals surface area contributed by atoms with Crippen LogP contribution in [-0.4, -0.2) is 48.2 Å². The van der Waals surface area contributed by atoms with Crippen molar-refractivity contribution in [3.63, 3.8) is 0 Å². The molecule has 0 bridgehead atoms. The molecule has 23 heavy (non-hydrogen) atoms. The van der Waals surface area contributed by atoms with Gasteiger partial charge in [-0.25, -0.2) is 0 Å². The molecule has 0 fully saturated rings. The summed E-state index contributed by atoms with van der Waals surface area (Å²) in [4.78, 5) is 48.4. The van der Waals surface area contributed by atoms with Gasteiger partial charge in [-0.15, -0.1) is 0 Å². The Hall–Kier alpha value is -2.70. The van der Waals surface area contributed by atoms with Gasteiger partial charge in [0.1, 0.15) is 0 Å². The molecule has 1 aromatic rings. The largest absolute Gasteiger partial charge is 0.355 e. The fraction of sp³-hybridized carbons (Fsp3) is 0.375. The minimum Gasteiger partial charge on any atom is -0.355 e. The van der Waals surface area contributed by atoms with E-state index >= 15 is 0 Å². The fourth-order valence-electron chi connectivity index (χ4n) is 2.25. The van der Waals surface area contributed by atoms with E-state index in [1.54, 1.807) is 24.3 Å². The Balaban J connectivity index is 1.81. The molecular formula is C16H19N3O4. The maximum absolute atomic E-state index is 12.1. The van der Waals surface area contributed by atoms with Crippen molar-refractivity contribution in [3.8, 4) is 0 Å². The molecule has 0 aromatic heterocycles. The topological polar surface area (TPSA) is 95.6 Å². The van der Waals surface area contributed by atoms with Crippen LogP contribution >= 0.6 is 0 Å². The van der Waals surface area contributed by atoms with Crippen LogP contribution in [0.5, 0.6) is 0 Å². The number of hydrogen-bond donors (Lipinski definition) is 2. The Morgan fingerprint density at radius 1 is 1.00 bits per heavy atom. The quantitative estimate of drug-likeness (QED) is 0.708. The van der Waals surface area contributed by atoms with Crippen LogP contribution in [0.4, 0.5) is 0 Å². The number of rotatable bonds is 7. The van der Waals surface area contributed by atoms with E-state index in [1.165, 1.54) is 0 Å². The lowest BCUT2D eigenvalue weighted by Crippen LogP contribution is -2.39. The van der Waals surface area contributed by atoms with E-state index in [1.807, 2.05) is 6.92 Å². The summed E-state index contributed by atoms with van der Waals surface area (Å²) in [7, 11) is 0. The minimum atomic E-state index is -0.390. The van der Waals surface area contributed by atoms with E-state index < -0.39 is 0 Å². The predicted octanol–water partition coefficient (Wildman–Crippen LogP) is 0.315. The molecule has 1 heterocycles. The molecule has 1 aliphatic rings. The van der Waals surface area contributed by atoms with Crippen molar-refractivity contribution in [2.24, 2.45) is 0 Å². The molecule has 0 unspecified atom stereocenters. The van der Waals surface area contributed by atoms with E-state index in [4.69, 9.17) is 0 Å². The summed E-state index contributed by atoms with van der Waals surface area (Å²) >= 11 is 0. The van der Waals surface area contributed by atoms with Crippen molar-refractivity contribution in [3.05, 3.63) is 35.4 Å². The third-order valence-corrected chi connectivity index (χ3v) is 3.46. The van der Waals surface area contributed by atoms with E-state index in [0.29, 0.717) is 17.7 Å². The monoisotopic (exact) mass is 317 g/mol. The first-order valence-electron chi connectivity index (χ1n) is 7.53. The van der Waals surface area contributed by atoms with Gasteiger partial charge in [0.2, 0.25) is 11.8 Å². The Bertz CT molecular complexity index is 607. The highest BCUT2D eigenvalue weighted by Gasteiger charge is 2.34. The van der Waals surface area contributed by atoms with Crippen LogP contribution < -0.4 is 10.6 Å². The van der Waals surface area contributed by atoms with Gasteiger partial charge in [-0.05, 0) is 18.6 Å². The van der Waals surface area contributed by atoms with Gasteiger partial charge in [-0.2, -0.15) is 0 Å². The molecule has 0 aliphatic carbocycles. The van der Waals surface area contributed by atoms with Crippen molar-refractivity contribution in [2.75, 3.05) is 19.6 Å². The van der Waals surface area contributed by atoms with Gasteiger partial charge in [-0.1, -0.05) is 19.1 Å². The van der Waals surface area contributed by atoms with Crippen LogP contribution in [0, 0.1) is 0 Å². The van der Waals surface area contributed by atoms with Crippen LogP contribution in [0.25, 0.3) is 0 Å². The highest BCUT2D eigenvalue weighted by Crippen LogP contribution is 2.22. The lowest BCUT2D eigenvalue weighted by molar-refractivity contribution is -0.126. The first kappa shape index (κ1) is 16.7. The second-order valence-electron chi connectivity index (χ2n) is 5.18. The molecule has 0 spiro atoms. The standard InChI is InChI=1S/C16H19N3O4/c1-2-8-17-14(21)10-18-13(20)7-9-19-15(22)11-5-3-4-6-12(11)16(19)23/h3-6H,2,7-10H2,1H3,(H,17,21)(H,18,20). The number of nitrogens with one attached hydrogen (secondary N) is 2. The van der Waals surface area contributed by atoms with Crippen LogP contribution in [0.15, 0.2) is 24.3 Å². The van der Waals surface area contributed by atoms with Crippen molar-refractivity contribution in [2.45, 2.75) is 19.8 Å². The zero-order valence-electron chi connectivity index (χ0n) is 12.9. The summed E-state index contributed by atoms with van der Waals surface area (Å²) in [6.45, 7) is 2.38. The molecule has 0 saturated heterocycles. The van der Waals surface area contributed by atoms with Gasteiger partial charge in [0.25, 0.3) is 11.8 Å². The maximum atomic E-state index is 12.1. The van der Waals surface area contributed by atoms with Crippen molar-refractivity contribution >= 4 is 23.6 Å². The number of imide groups is 1. The number of nitrogens with zero attached hydrogens (tertiary/aromatic N) is 1. The van der Waals surface area contributed by atoms with Gasteiger partial charge in [0.05, 0.1) is 17.7 Å². The van der Waals surface area contributed by atoms with E-state index in [2.05, 4.69) is 10.6 Å². The third kappa shape index (κ3) is 3.94. The smallest absolute Gasteiger partial charge is 0.261 e. The molecule has 2 N–H and O–H groups in total. The summed E-state index contributed by atoms with van der Waals surface area (Å²) in [6.07, 6.45) is 0.784. The molecule has 0 saturated carbocycles. The molecule has 1 aliphatic heterocycles. The van der Waals surface area contributed by atoms with Gasteiger partial charge < -0.3 is 10.6 Å². The Kier molecular flexibility index (Phi) is 5.46. The molecule has 0 atom stereocenters. The second-order valence-corrected chi connectivity index (χ2v) is 5.18.